The van der Waals surface area contributed by atoms with E-state index in [1.54, 1.807) is 41.3 Å². The molecule has 4 aromatic rings. The van der Waals surface area contributed by atoms with Crippen LogP contribution in [0.5, 0.6) is 0 Å². The number of alkyl carbamates (subject to hydrolysis) is 1. The van der Waals surface area contributed by atoms with Crippen LogP contribution < -0.4 is 10.6 Å². The topological polar surface area (TPSA) is 114 Å². The number of H-pyrrole nitrogens is 1. The number of ether oxygens (including phenoxy) is 1. The second kappa shape index (κ2) is 9.37. The number of aromatic amines is 1. The molecule has 2 amide bonds. The third-order valence-corrected chi connectivity index (χ3v) is 5.66. The van der Waals surface area contributed by atoms with E-state index in [0.29, 0.717) is 11.3 Å². The molecule has 1 aliphatic heterocycles. The smallest absolute Gasteiger partial charge is 0.407 e. The van der Waals surface area contributed by atoms with Crippen molar-refractivity contribution in [1.82, 2.24) is 30.6 Å². The van der Waals surface area contributed by atoms with Crippen molar-refractivity contribution >= 4 is 12.0 Å². The molecule has 0 saturated carbocycles. The molecule has 1 fully saturated rings. The summed E-state index contributed by atoms with van der Waals surface area (Å²) in [5.41, 5.74) is 1.48. The van der Waals surface area contributed by atoms with Gasteiger partial charge < -0.3 is 15.4 Å². The zero-order chi connectivity index (χ0) is 24.4. The molecule has 3 N–H and O–H groups in total. The molecule has 1 saturated heterocycles. The zero-order valence-corrected chi connectivity index (χ0v) is 18.2. The monoisotopic (exact) mass is 478 g/mol. The van der Waals surface area contributed by atoms with Crippen LogP contribution >= 0.6 is 0 Å². The van der Waals surface area contributed by atoms with E-state index in [-0.39, 0.29) is 35.7 Å². The highest BCUT2D eigenvalue weighted by Gasteiger charge is 2.33. The third-order valence-electron chi connectivity index (χ3n) is 5.66. The van der Waals surface area contributed by atoms with Crippen LogP contribution in [-0.2, 0) is 11.3 Å². The maximum Gasteiger partial charge on any atom is 0.407 e. The fourth-order valence-electron chi connectivity index (χ4n) is 3.95. The van der Waals surface area contributed by atoms with Crippen molar-refractivity contribution in [3.05, 3.63) is 84.2 Å². The van der Waals surface area contributed by atoms with Crippen molar-refractivity contribution in [1.29, 1.82) is 0 Å². The lowest BCUT2D eigenvalue weighted by atomic mass is 10.0. The average molecular weight is 478 g/mol. The van der Waals surface area contributed by atoms with Crippen molar-refractivity contribution in [2.45, 2.75) is 18.7 Å². The van der Waals surface area contributed by atoms with E-state index < -0.39 is 30.0 Å². The van der Waals surface area contributed by atoms with Crippen molar-refractivity contribution in [3.63, 3.8) is 0 Å². The summed E-state index contributed by atoms with van der Waals surface area (Å²) in [6.07, 6.45) is 2.11. The summed E-state index contributed by atoms with van der Waals surface area (Å²) < 4.78 is 35.1. The molecule has 0 bridgehead atoms. The minimum absolute atomic E-state index is 0.0326. The molecule has 2 aromatic carbocycles. The Balaban J connectivity index is 1.44. The number of carbonyl (C=O) groups is 2. The van der Waals surface area contributed by atoms with E-state index in [1.807, 2.05) is 0 Å². The molecule has 0 unspecified atom stereocenters. The normalized spacial score (nSPS) is 15.9. The summed E-state index contributed by atoms with van der Waals surface area (Å²) >= 11 is 0. The predicted molar refractivity (Wildman–Crippen MR) is 121 cm³/mol. The van der Waals surface area contributed by atoms with Gasteiger partial charge in [0, 0.05) is 23.5 Å². The molecular formula is C24H20F2N6O3. The molecule has 1 aliphatic rings. The first kappa shape index (κ1) is 22.3. The first-order valence-corrected chi connectivity index (χ1v) is 10.8. The Morgan fingerprint density at radius 3 is 2.74 bits per heavy atom. The standard InChI is InChI=1S/C24H20F2N6O3/c25-15-7-5-14(6-8-15)18-11-19(31-30-18)22-16(3-1-4-17(22)26)23(33)29-20(13-32-10-2-9-28-32)21-12-27-24(34)35-21/h1-11,20-21H,12-13H2,(H,27,34)(H,29,33)(H,30,31)/t20-,21-/m1/s1. The highest BCUT2D eigenvalue weighted by Crippen LogP contribution is 2.29. The summed E-state index contributed by atoms with van der Waals surface area (Å²) in [5.74, 6) is -1.56. The summed E-state index contributed by atoms with van der Waals surface area (Å²) in [7, 11) is 0. The summed E-state index contributed by atoms with van der Waals surface area (Å²) in [6, 6.07) is 12.6. The van der Waals surface area contributed by atoms with Gasteiger partial charge >= 0.3 is 6.09 Å². The van der Waals surface area contributed by atoms with Crippen LogP contribution in [0.15, 0.2) is 67.0 Å². The van der Waals surface area contributed by atoms with E-state index >= 15 is 0 Å². The second-order valence-electron chi connectivity index (χ2n) is 7.97. The van der Waals surface area contributed by atoms with Gasteiger partial charge in [-0.3, -0.25) is 14.6 Å². The lowest BCUT2D eigenvalue weighted by Crippen LogP contribution is -2.47. The van der Waals surface area contributed by atoms with E-state index in [9.17, 15) is 18.4 Å². The zero-order valence-electron chi connectivity index (χ0n) is 18.2. The lowest BCUT2D eigenvalue weighted by molar-refractivity contribution is 0.0815. The van der Waals surface area contributed by atoms with Crippen LogP contribution in [0.25, 0.3) is 22.5 Å². The molecule has 3 heterocycles. The lowest BCUT2D eigenvalue weighted by Gasteiger charge is -2.23. The summed E-state index contributed by atoms with van der Waals surface area (Å²) in [4.78, 5) is 24.9. The van der Waals surface area contributed by atoms with Crippen LogP contribution in [0, 0.1) is 11.6 Å². The highest BCUT2D eigenvalue weighted by atomic mass is 19.1. The Hall–Kier alpha value is -4.54. The second-order valence-corrected chi connectivity index (χ2v) is 7.97. The number of carbonyl (C=O) groups excluding carboxylic acids is 2. The fraction of sp³-hybridized carbons (Fsp3) is 0.167. The molecule has 2 atom stereocenters. The average Bonchev–Trinajstić information content (AvgIpc) is 3.61. The Morgan fingerprint density at radius 1 is 1.20 bits per heavy atom. The van der Waals surface area contributed by atoms with Crippen molar-refractivity contribution in [3.8, 4) is 22.5 Å². The Labute approximate surface area is 198 Å². The number of nitrogens with one attached hydrogen (secondary N) is 3. The van der Waals surface area contributed by atoms with Crippen LogP contribution in [0.4, 0.5) is 13.6 Å². The minimum Gasteiger partial charge on any atom is -0.442 e. The maximum atomic E-state index is 15.0. The number of amides is 2. The number of nitrogens with zero attached hydrogens (tertiary/aromatic N) is 3. The number of halogens is 2. The van der Waals surface area contributed by atoms with Crippen molar-refractivity contribution in [2.24, 2.45) is 0 Å². The fourth-order valence-corrected chi connectivity index (χ4v) is 3.95. The van der Waals surface area contributed by atoms with Gasteiger partial charge in [0.05, 0.1) is 36.1 Å². The van der Waals surface area contributed by atoms with Crippen molar-refractivity contribution in [2.75, 3.05) is 6.54 Å². The van der Waals surface area contributed by atoms with E-state index in [0.717, 1.165) is 0 Å². The summed E-state index contributed by atoms with van der Waals surface area (Å²) in [5, 5.41) is 16.5. The van der Waals surface area contributed by atoms with Crippen LogP contribution in [0.2, 0.25) is 0 Å². The first-order valence-electron chi connectivity index (χ1n) is 10.8. The number of benzene rings is 2. The van der Waals surface area contributed by atoms with E-state index in [4.69, 9.17) is 4.74 Å². The van der Waals surface area contributed by atoms with E-state index in [1.165, 1.54) is 30.3 Å². The molecule has 178 valence electrons. The number of hydrogen-bond acceptors (Lipinski definition) is 5. The predicted octanol–water partition coefficient (Wildman–Crippen LogP) is 3.13. The highest BCUT2D eigenvalue weighted by molar-refractivity contribution is 6.01. The van der Waals surface area contributed by atoms with Gasteiger partial charge in [-0.15, -0.1) is 0 Å². The molecule has 0 radical (unpaired) electrons. The molecular weight excluding hydrogens is 458 g/mol. The number of rotatable bonds is 7. The Morgan fingerprint density at radius 2 is 2.03 bits per heavy atom. The molecule has 35 heavy (non-hydrogen) atoms. The largest absolute Gasteiger partial charge is 0.442 e. The quantitative estimate of drug-likeness (QED) is 0.378. The van der Waals surface area contributed by atoms with Crippen LogP contribution in [-0.4, -0.2) is 50.7 Å². The number of hydrogen-bond donors (Lipinski definition) is 3. The molecule has 9 nitrogen and oxygen atoms in total. The molecule has 5 rings (SSSR count). The van der Waals surface area contributed by atoms with Crippen LogP contribution in [0.3, 0.4) is 0 Å². The molecule has 11 heteroatoms. The maximum absolute atomic E-state index is 15.0. The van der Waals surface area contributed by atoms with Gasteiger partial charge in [-0.05, 0) is 48.5 Å². The number of aromatic nitrogens is 4. The van der Waals surface area contributed by atoms with Gasteiger partial charge in [0.15, 0.2) is 0 Å². The molecule has 2 aromatic heterocycles. The van der Waals surface area contributed by atoms with E-state index in [2.05, 4.69) is 25.9 Å². The van der Waals surface area contributed by atoms with Crippen molar-refractivity contribution < 1.29 is 23.1 Å². The van der Waals surface area contributed by atoms with Gasteiger partial charge in [-0.2, -0.15) is 10.2 Å². The van der Waals surface area contributed by atoms with Gasteiger partial charge in [0.2, 0.25) is 0 Å². The summed E-state index contributed by atoms with van der Waals surface area (Å²) in [6.45, 7) is 0.449. The molecule has 0 aliphatic carbocycles. The Bertz CT molecular complexity index is 1350. The third kappa shape index (κ3) is 4.74. The SMILES string of the molecule is O=C1NC[C@H]([C@@H](Cn2cccn2)NC(=O)c2cccc(F)c2-c2cc(-c3ccc(F)cc3)n[nH]2)O1. The first-order chi connectivity index (χ1) is 17.0. The van der Waals surface area contributed by atoms with Gasteiger partial charge in [-0.25, -0.2) is 13.6 Å². The minimum atomic E-state index is -0.634. The van der Waals surface area contributed by atoms with Crippen LogP contribution in [0.1, 0.15) is 10.4 Å². The Kier molecular flexibility index (Phi) is 5.96. The van der Waals surface area contributed by atoms with Gasteiger partial charge in [-0.1, -0.05) is 6.07 Å². The van der Waals surface area contributed by atoms with Gasteiger partial charge in [0.1, 0.15) is 17.7 Å². The number of cyclic esters (lactones) is 1. The van der Waals surface area contributed by atoms with Gasteiger partial charge in [0.25, 0.3) is 5.91 Å². The molecule has 0 spiro atoms.